The normalized spacial score (nSPS) is 10.8. The molecule has 0 aliphatic heterocycles. The number of aromatic hydroxyl groups is 1. The van der Waals surface area contributed by atoms with Gasteiger partial charge in [0.05, 0.1) is 0 Å². The number of hydrogen-bond acceptors (Lipinski definition) is 5. The molecule has 0 fully saturated rings. The molecule has 4 aromatic rings. The monoisotopic (exact) mass is 388 g/mol. The number of hydrogen-bond donors (Lipinski definition) is 3. The Kier molecular flexibility index (Phi) is 4.66. The highest BCUT2D eigenvalue weighted by atomic mass is 16.4. The van der Waals surface area contributed by atoms with E-state index in [1.807, 2.05) is 48.5 Å². The van der Waals surface area contributed by atoms with Crippen LogP contribution in [0.3, 0.4) is 0 Å². The number of nitrogens with zero attached hydrogens (tertiary/aromatic N) is 3. The first-order chi connectivity index (χ1) is 14.1. The first-order valence-corrected chi connectivity index (χ1v) is 8.78. The third-order valence-electron chi connectivity index (χ3n) is 4.41. The molecule has 0 aliphatic carbocycles. The summed E-state index contributed by atoms with van der Waals surface area (Å²) in [5.41, 5.74) is 1.86. The highest BCUT2D eigenvalue weighted by molar-refractivity contribution is 6.05. The molecule has 4 rings (SSSR count). The second-order valence-corrected chi connectivity index (χ2v) is 6.29. The van der Waals surface area contributed by atoms with Gasteiger partial charge in [0.25, 0.3) is 5.91 Å². The van der Waals surface area contributed by atoms with Crippen LogP contribution in [0.1, 0.15) is 10.4 Å². The molecule has 0 saturated carbocycles. The zero-order valence-electron chi connectivity index (χ0n) is 15.1. The van der Waals surface area contributed by atoms with Crippen LogP contribution in [0.25, 0.3) is 28.2 Å². The van der Waals surface area contributed by atoms with Crippen LogP contribution in [-0.4, -0.2) is 43.2 Å². The Morgan fingerprint density at radius 2 is 1.55 bits per heavy atom. The fourth-order valence-electron chi connectivity index (χ4n) is 3.08. The number of carbonyl (C=O) groups is 2. The predicted octanol–water partition coefficient (Wildman–Crippen LogP) is 2.58. The van der Waals surface area contributed by atoms with Crippen molar-refractivity contribution in [3.8, 4) is 28.3 Å². The van der Waals surface area contributed by atoms with Crippen LogP contribution < -0.4 is 5.32 Å². The number of carboxylic acid groups (broad SMARTS) is 1. The van der Waals surface area contributed by atoms with Crippen molar-refractivity contribution in [2.75, 3.05) is 6.54 Å². The average Bonchev–Trinajstić information content (AvgIpc) is 3.16. The lowest BCUT2D eigenvalue weighted by Crippen LogP contribution is -2.29. The molecule has 29 heavy (non-hydrogen) atoms. The minimum atomic E-state index is -1.19. The van der Waals surface area contributed by atoms with Gasteiger partial charge in [-0.3, -0.25) is 14.0 Å². The molecule has 0 unspecified atom stereocenters. The molecule has 0 atom stereocenters. The molecule has 0 radical (unpaired) electrons. The lowest BCUT2D eigenvalue weighted by Gasteiger charge is -2.12. The number of rotatable bonds is 5. The van der Waals surface area contributed by atoms with Crippen LogP contribution in [0, 0.1) is 0 Å². The molecule has 2 heterocycles. The maximum atomic E-state index is 12.7. The predicted molar refractivity (Wildman–Crippen MR) is 105 cm³/mol. The minimum Gasteiger partial charge on any atom is -0.506 e. The Morgan fingerprint density at radius 3 is 2.17 bits per heavy atom. The zero-order valence-corrected chi connectivity index (χ0v) is 15.1. The van der Waals surface area contributed by atoms with Gasteiger partial charge in [-0.15, -0.1) is 10.2 Å². The number of amides is 1. The number of carboxylic acids is 1. The van der Waals surface area contributed by atoms with Crippen LogP contribution in [-0.2, 0) is 4.79 Å². The smallest absolute Gasteiger partial charge is 0.322 e. The van der Waals surface area contributed by atoms with E-state index < -0.39 is 18.4 Å². The molecule has 8 nitrogen and oxygen atoms in total. The van der Waals surface area contributed by atoms with Crippen LogP contribution in [0.4, 0.5) is 0 Å². The Morgan fingerprint density at radius 1 is 0.931 bits per heavy atom. The number of nitrogens with one attached hydrogen (secondary N) is 1. The molecule has 2 aromatic carbocycles. The maximum Gasteiger partial charge on any atom is 0.322 e. The van der Waals surface area contributed by atoms with Crippen LogP contribution in [0.2, 0.25) is 0 Å². The van der Waals surface area contributed by atoms with Gasteiger partial charge >= 0.3 is 5.97 Å². The molecule has 8 heteroatoms. The van der Waals surface area contributed by atoms with Crippen LogP contribution in [0.5, 0.6) is 5.75 Å². The molecule has 1 amide bonds. The fourth-order valence-corrected chi connectivity index (χ4v) is 3.08. The molecule has 0 bridgehead atoms. The van der Waals surface area contributed by atoms with Gasteiger partial charge < -0.3 is 15.5 Å². The van der Waals surface area contributed by atoms with E-state index in [1.54, 1.807) is 22.7 Å². The summed E-state index contributed by atoms with van der Waals surface area (Å²) in [5.74, 6) is -1.75. The van der Waals surface area contributed by atoms with Gasteiger partial charge in [0, 0.05) is 17.3 Å². The number of benzene rings is 2. The average molecular weight is 388 g/mol. The summed E-state index contributed by atoms with van der Waals surface area (Å²) in [6, 6.07) is 18.4. The van der Waals surface area contributed by atoms with Crippen molar-refractivity contribution in [2.45, 2.75) is 0 Å². The van der Waals surface area contributed by atoms with Gasteiger partial charge in [0.2, 0.25) is 0 Å². The van der Waals surface area contributed by atoms with Crippen molar-refractivity contribution in [2.24, 2.45) is 0 Å². The summed E-state index contributed by atoms with van der Waals surface area (Å²) in [4.78, 5) is 23.5. The summed E-state index contributed by atoms with van der Waals surface area (Å²) in [7, 11) is 0. The first-order valence-electron chi connectivity index (χ1n) is 8.78. The summed E-state index contributed by atoms with van der Waals surface area (Å²) < 4.78 is 1.62. The van der Waals surface area contributed by atoms with Gasteiger partial charge in [0.15, 0.2) is 11.5 Å². The lowest BCUT2D eigenvalue weighted by molar-refractivity contribution is -0.135. The summed E-state index contributed by atoms with van der Waals surface area (Å²) in [6.07, 6.45) is 1.66. The Labute approximate surface area is 165 Å². The largest absolute Gasteiger partial charge is 0.506 e. The molecule has 0 aliphatic rings. The Balaban J connectivity index is 1.97. The summed E-state index contributed by atoms with van der Waals surface area (Å²) >= 11 is 0. The fraction of sp³-hybridized carbons (Fsp3) is 0.0476. The van der Waals surface area contributed by atoms with E-state index in [2.05, 4.69) is 15.5 Å². The van der Waals surface area contributed by atoms with Gasteiger partial charge in [-0.05, 0) is 5.56 Å². The van der Waals surface area contributed by atoms with Crippen molar-refractivity contribution in [3.63, 3.8) is 0 Å². The molecular weight excluding hydrogens is 372 g/mol. The van der Waals surface area contributed by atoms with E-state index in [9.17, 15) is 14.7 Å². The minimum absolute atomic E-state index is 0.129. The quantitative estimate of drug-likeness (QED) is 0.484. The van der Waals surface area contributed by atoms with E-state index in [1.165, 1.54) is 0 Å². The van der Waals surface area contributed by atoms with Gasteiger partial charge in [-0.1, -0.05) is 60.7 Å². The van der Waals surface area contributed by atoms with Crippen molar-refractivity contribution < 1.29 is 19.8 Å². The van der Waals surface area contributed by atoms with Crippen LogP contribution >= 0.6 is 0 Å². The number of pyridine rings is 1. The van der Waals surface area contributed by atoms with Crippen molar-refractivity contribution in [1.82, 2.24) is 19.9 Å². The van der Waals surface area contributed by atoms with Crippen molar-refractivity contribution in [3.05, 3.63) is 72.4 Å². The number of aliphatic carboxylic acids is 1. The second kappa shape index (κ2) is 7.43. The topological polar surface area (TPSA) is 117 Å². The first kappa shape index (κ1) is 18.2. The summed E-state index contributed by atoms with van der Waals surface area (Å²) in [5, 5.41) is 30.3. The lowest BCUT2D eigenvalue weighted by atomic mass is 10.0. The third-order valence-corrected chi connectivity index (χ3v) is 4.41. The zero-order chi connectivity index (χ0) is 20.4. The third kappa shape index (κ3) is 3.39. The molecule has 0 saturated heterocycles. The van der Waals surface area contributed by atoms with Gasteiger partial charge in [-0.2, -0.15) is 0 Å². The van der Waals surface area contributed by atoms with Crippen LogP contribution in [0.15, 0.2) is 66.9 Å². The highest BCUT2D eigenvalue weighted by Gasteiger charge is 2.24. The molecule has 3 N–H and O–H groups in total. The van der Waals surface area contributed by atoms with Gasteiger partial charge in [0.1, 0.15) is 17.9 Å². The molecule has 144 valence electrons. The molecule has 0 spiro atoms. The number of carbonyl (C=O) groups excluding carboxylic acids is 1. The number of fused-ring (bicyclic) bond motifs is 1. The van der Waals surface area contributed by atoms with Crippen molar-refractivity contribution in [1.29, 1.82) is 0 Å². The van der Waals surface area contributed by atoms with E-state index >= 15 is 0 Å². The Hall–Kier alpha value is -4.20. The standard InChI is InChI=1S/C21H16N4O4/c26-16(27)11-22-21(29)17-18(28)15(13-7-3-1-4-8-13)12-25-19(23-24-20(17)25)14-9-5-2-6-10-14/h1-10,12,28H,11H2,(H,22,29)(H,26,27). The molecular formula is C21H16N4O4. The van der Waals surface area contributed by atoms with E-state index in [-0.39, 0.29) is 17.0 Å². The highest BCUT2D eigenvalue weighted by Crippen LogP contribution is 2.35. The van der Waals surface area contributed by atoms with E-state index in [0.717, 1.165) is 5.56 Å². The maximum absolute atomic E-state index is 12.7. The Bertz CT molecular complexity index is 1200. The number of aromatic nitrogens is 3. The second-order valence-electron chi connectivity index (χ2n) is 6.29. The van der Waals surface area contributed by atoms with E-state index in [0.29, 0.717) is 17.0 Å². The SMILES string of the molecule is O=C(O)CNC(=O)c1c(O)c(-c2ccccc2)cn2c(-c3ccccc3)nnc12. The summed E-state index contributed by atoms with van der Waals surface area (Å²) in [6.45, 7) is -0.584. The molecule has 2 aromatic heterocycles. The van der Waals surface area contributed by atoms with Crippen molar-refractivity contribution >= 4 is 17.5 Å². The van der Waals surface area contributed by atoms with E-state index in [4.69, 9.17) is 5.11 Å². The van der Waals surface area contributed by atoms with Gasteiger partial charge in [-0.25, -0.2) is 0 Å².